The number of amides is 1. The maximum atomic E-state index is 12.1. The Hall–Kier alpha value is -1.89. The predicted molar refractivity (Wildman–Crippen MR) is 64.4 cm³/mol. The first-order chi connectivity index (χ1) is 8.49. The molecule has 0 saturated carbocycles. The molecule has 1 amide bonds. The minimum Gasteiger partial charge on any atom is -0.481 e. The van der Waals surface area contributed by atoms with Crippen molar-refractivity contribution in [3.05, 3.63) is 16.3 Å². The molecule has 1 aromatic heterocycles. The topological polar surface area (TPSA) is 94.9 Å². The molecule has 0 saturated heterocycles. The smallest absolute Gasteiger partial charge is 0.412 e. The van der Waals surface area contributed by atoms with Crippen molar-refractivity contribution in [2.45, 2.75) is 19.4 Å². The van der Waals surface area contributed by atoms with E-state index in [1.165, 1.54) is 6.07 Å². The largest absolute Gasteiger partial charge is 0.481 e. The molecule has 6 nitrogen and oxygen atoms in total. The molecule has 0 radical (unpaired) electrons. The van der Waals surface area contributed by atoms with E-state index in [4.69, 9.17) is 5.11 Å². The standard InChI is InChI=1S/C11H11NO5S/c1-2-5-7(10(14)15)8(13)9-6(3-4-18-9)12(5)11(16)17/h3-5,7H,2H2,1H3,(H,14,15)(H,16,17). The van der Waals surface area contributed by atoms with E-state index in [9.17, 15) is 19.5 Å². The molecule has 2 N–H and O–H groups in total. The van der Waals surface area contributed by atoms with Crippen LogP contribution in [0.25, 0.3) is 0 Å². The van der Waals surface area contributed by atoms with Crippen molar-refractivity contribution in [3.63, 3.8) is 0 Å². The number of anilines is 1. The van der Waals surface area contributed by atoms with Crippen LogP contribution in [0, 0.1) is 5.92 Å². The predicted octanol–water partition coefficient (Wildman–Crippen LogP) is 1.91. The average molecular weight is 269 g/mol. The van der Waals surface area contributed by atoms with Gasteiger partial charge in [-0.15, -0.1) is 11.3 Å². The van der Waals surface area contributed by atoms with Crippen molar-refractivity contribution < 1.29 is 24.6 Å². The van der Waals surface area contributed by atoms with Crippen LogP contribution in [0.3, 0.4) is 0 Å². The summed E-state index contributed by atoms with van der Waals surface area (Å²) < 4.78 is 0. The van der Waals surface area contributed by atoms with Crippen molar-refractivity contribution in [2.24, 2.45) is 5.92 Å². The summed E-state index contributed by atoms with van der Waals surface area (Å²) in [5.41, 5.74) is 0.293. The number of hydrogen-bond donors (Lipinski definition) is 2. The first-order valence-corrected chi connectivity index (χ1v) is 6.23. The zero-order valence-corrected chi connectivity index (χ0v) is 10.3. The monoisotopic (exact) mass is 269 g/mol. The van der Waals surface area contributed by atoms with E-state index in [1.54, 1.807) is 12.3 Å². The van der Waals surface area contributed by atoms with Crippen LogP contribution >= 0.6 is 11.3 Å². The third-order valence-electron chi connectivity index (χ3n) is 3.02. The molecular weight excluding hydrogens is 258 g/mol. The Morgan fingerprint density at radius 2 is 2.11 bits per heavy atom. The lowest BCUT2D eigenvalue weighted by Crippen LogP contribution is -2.52. The molecule has 1 aliphatic rings. The van der Waals surface area contributed by atoms with Gasteiger partial charge in [-0.25, -0.2) is 4.79 Å². The highest BCUT2D eigenvalue weighted by Crippen LogP contribution is 2.38. The summed E-state index contributed by atoms with van der Waals surface area (Å²) in [4.78, 5) is 35.7. The number of Topliss-reactive ketones (excluding diaryl/α,β-unsaturated/α-hetero) is 1. The van der Waals surface area contributed by atoms with Gasteiger partial charge in [0, 0.05) is 0 Å². The Kier molecular flexibility index (Phi) is 3.08. The molecule has 0 aliphatic carbocycles. The van der Waals surface area contributed by atoms with Crippen LogP contribution in [-0.4, -0.2) is 34.1 Å². The Morgan fingerprint density at radius 3 is 2.61 bits per heavy atom. The molecule has 1 aliphatic heterocycles. The molecule has 18 heavy (non-hydrogen) atoms. The summed E-state index contributed by atoms with van der Waals surface area (Å²) in [7, 11) is 0. The fourth-order valence-electron chi connectivity index (χ4n) is 2.26. The number of aliphatic carboxylic acids is 1. The van der Waals surface area contributed by atoms with Gasteiger partial charge in [-0.2, -0.15) is 0 Å². The number of carboxylic acid groups (broad SMARTS) is 2. The second-order valence-electron chi connectivity index (χ2n) is 3.94. The Balaban J connectivity index is 2.60. The van der Waals surface area contributed by atoms with E-state index >= 15 is 0 Å². The number of nitrogens with zero attached hydrogens (tertiary/aromatic N) is 1. The van der Waals surface area contributed by atoms with Gasteiger partial charge in [0.2, 0.25) is 0 Å². The normalized spacial score (nSPS) is 22.7. The molecule has 96 valence electrons. The van der Waals surface area contributed by atoms with Gasteiger partial charge in [0.25, 0.3) is 0 Å². The van der Waals surface area contributed by atoms with Crippen LogP contribution in [0.4, 0.5) is 10.5 Å². The minimum absolute atomic E-state index is 0.203. The van der Waals surface area contributed by atoms with Gasteiger partial charge in [-0.05, 0) is 17.9 Å². The van der Waals surface area contributed by atoms with Crippen molar-refractivity contribution in [1.82, 2.24) is 0 Å². The minimum atomic E-state index is -1.32. The number of carboxylic acids is 1. The molecule has 0 bridgehead atoms. The third kappa shape index (κ3) is 1.67. The lowest BCUT2D eigenvalue weighted by atomic mass is 9.87. The molecular formula is C11H11NO5S. The van der Waals surface area contributed by atoms with Crippen LogP contribution in [0.5, 0.6) is 0 Å². The molecule has 2 atom stereocenters. The molecule has 0 aromatic carbocycles. The van der Waals surface area contributed by atoms with E-state index in [1.807, 2.05) is 0 Å². The average Bonchev–Trinajstić information content (AvgIpc) is 2.76. The zero-order valence-electron chi connectivity index (χ0n) is 9.49. The SMILES string of the molecule is CCC1C(C(=O)O)C(=O)c2sccc2N1C(=O)O. The van der Waals surface area contributed by atoms with Crippen LogP contribution in [0.15, 0.2) is 11.4 Å². The summed E-state index contributed by atoms with van der Waals surface area (Å²) >= 11 is 1.07. The van der Waals surface area contributed by atoms with Gasteiger partial charge in [0.1, 0.15) is 5.92 Å². The van der Waals surface area contributed by atoms with E-state index < -0.39 is 29.8 Å². The summed E-state index contributed by atoms with van der Waals surface area (Å²) in [6.07, 6.45) is -0.968. The van der Waals surface area contributed by atoms with Crippen LogP contribution in [0.2, 0.25) is 0 Å². The van der Waals surface area contributed by atoms with E-state index in [-0.39, 0.29) is 11.3 Å². The second-order valence-corrected chi connectivity index (χ2v) is 4.86. The highest BCUT2D eigenvalue weighted by Gasteiger charge is 2.46. The lowest BCUT2D eigenvalue weighted by molar-refractivity contribution is -0.140. The van der Waals surface area contributed by atoms with Crippen molar-refractivity contribution >= 4 is 34.9 Å². The number of carbonyl (C=O) groups excluding carboxylic acids is 1. The lowest BCUT2D eigenvalue weighted by Gasteiger charge is -2.35. The second kappa shape index (κ2) is 4.41. The van der Waals surface area contributed by atoms with Crippen LogP contribution < -0.4 is 4.90 Å². The molecule has 0 fully saturated rings. The van der Waals surface area contributed by atoms with Crippen LogP contribution in [-0.2, 0) is 4.79 Å². The highest BCUT2D eigenvalue weighted by molar-refractivity contribution is 7.12. The number of hydrogen-bond acceptors (Lipinski definition) is 4. The molecule has 1 aromatic rings. The number of thiophene rings is 1. The highest BCUT2D eigenvalue weighted by atomic mass is 32.1. The number of rotatable bonds is 2. The van der Waals surface area contributed by atoms with E-state index in [2.05, 4.69) is 0 Å². The maximum Gasteiger partial charge on any atom is 0.412 e. The zero-order chi connectivity index (χ0) is 13.4. The number of ketones is 1. The summed E-state index contributed by atoms with van der Waals surface area (Å²) in [5.74, 6) is -3.11. The number of carbonyl (C=O) groups is 3. The van der Waals surface area contributed by atoms with Gasteiger partial charge in [-0.1, -0.05) is 6.92 Å². The van der Waals surface area contributed by atoms with Gasteiger partial charge in [0.05, 0.1) is 16.6 Å². The Morgan fingerprint density at radius 1 is 1.44 bits per heavy atom. The fourth-order valence-corrected chi connectivity index (χ4v) is 3.12. The molecule has 0 spiro atoms. The van der Waals surface area contributed by atoms with Gasteiger partial charge < -0.3 is 10.2 Å². The summed E-state index contributed by atoms with van der Waals surface area (Å²) in [5, 5.41) is 19.9. The summed E-state index contributed by atoms with van der Waals surface area (Å²) in [6, 6.07) is 0.682. The maximum absolute atomic E-state index is 12.1. The molecule has 2 heterocycles. The molecule has 2 unspecified atom stereocenters. The van der Waals surface area contributed by atoms with Crippen LogP contribution in [0.1, 0.15) is 23.0 Å². The van der Waals surface area contributed by atoms with Gasteiger partial charge in [-0.3, -0.25) is 14.5 Å². The van der Waals surface area contributed by atoms with Crippen molar-refractivity contribution in [1.29, 1.82) is 0 Å². The van der Waals surface area contributed by atoms with Crippen molar-refractivity contribution in [2.75, 3.05) is 4.90 Å². The Labute approximate surface area is 106 Å². The van der Waals surface area contributed by atoms with Gasteiger partial charge in [0.15, 0.2) is 5.78 Å². The quantitative estimate of drug-likeness (QED) is 0.799. The van der Waals surface area contributed by atoms with E-state index in [0.717, 1.165) is 16.2 Å². The fraction of sp³-hybridized carbons (Fsp3) is 0.364. The van der Waals surface area contributed by atoms with E-state index in [0.29, 0.717) is 5.69 Å². The molecule has 7 heteroatoms. The van der Waals surface area contributed by atoms with Crippen molar-refractivity contribution in [3.8, 4) is 0 Å². The first-order valence-electron chi connectivity index (χ1n) is 5.35. The summed E-state index contributed by atoms with van der Waals surface area (Å²) in [6.45, 7) is 1.67. The number of fused-ring (bicyclic) bond motifs is 1. The first kappa shape index (κ1) is 12.6. The Bertz CT molecular complexity index is 523. The van der Waals surface area contributed by atoms with Gasteiger partial charge >= 0.3 is 12.1 Å². The molecule has 2 rings (SSSR count). The third-order valence-corrected chi connectivity index (χ3v) is 3.94.